The van der Waals surface area contributed by atoms with E-state index in [4.69, 9.17) is 0 Å². The monoisotopic (exact) mass is 278 g/mol. The number of rotatable bonds is 2. The number of aliphatic hydroxyl groups is 1. The highest BCUT2D eigenvalue weighted by Crippen LogP contribution is 2.17. The van der Waals surface area contributed by atoms with E-state index in [0.29, 0.717) is 5.33 Å². The molecule has 0 aliphatic carbocycles. The van der Waals surface area contributed by atoms with Crippen molar-refractivity contribution in [2.24, 2.45) is 0 Å². The van der Waals surface area contributed by atoms with Gasteiger partial charge in [0.15, 0.2) is 0 Å². The Balaban J connectivity index is 2.81. The van der Waals surface area contributed by atoms with Crippen LogP contribution in [0.25, 0.3) is 0 Å². The SMILES string of the molecule is OC(CBr)c1ccc(Br)cc1. The molecule has 0 saturated heterocycles. The Morgan fingerprint density at radius 2 is 1.82 bits per heavy atom. The molecule has 0 amide bonds. The van der Waals surface area contributed by atoms with E-state index in [9.17, 15) is 5.11 Å². The normalized spacial score (nSPS) is 13.0. The summed E-state index contributed by atoms with van der Waals surface area (Å²) in [5.74, 6) is 0. The maximum atomic E-state index is 9.36. The van der Waals surface area contributed by atoms with Crippen LogP contribution in [-0.4, -0.2) is 10.4 Å². The van der Waals surface area contributed by atoms with Gasteiger partial charge in [-0.15, -0.1) is 0 Å². The van der Waals surface area contributed by atoms with Crippen molar-refractivity contribution in [1.29, 1.82) is 0 Å². The van der Waals surface area contributed by atoms with Crippen molar-refractivity contribution in [3.63, 3.8) is 0 Å². The average molecular weight is 280 g/mol. The van der Waals surface area contributed by atoms with E-state index in [2.05, 4.69) is 31.9 Å². The van der Waals surface area contributed by atoms with E-state index in [1.165, 1.54) is 0 Å². The fraction of sp³-hybridized carbons (Fsp3) is 0.250. The lowest BCUT2D eigenvalue weighted by molar-refractivity contribution is 0.205. The maximum absolute atomic E-state index is 9.36. The van der Waals surface area contributed by atoms with Crippen LogP contribution in [0.3, 0.4) is 0 Å². The van der Waals surface area contributed by atoms with Crippen LogP contribution in [0.2, 0.25) is 0 Å². The first-order valence-electron chi connectivity index (χ1n) is 3.23. The smallest absolute Gasteiger partial charge is 0.0886 e. The Morgan fingerprint density at radius 1 is 1.27 bits per heavy atom. The molecule has 0 saturated carbocycles. The Morgan fingerprint density at radius 3 is 2.27 bits per heavy atom. The van der Waals surface area contributed by atoms with Crippen molar-refractivity contribution in [2.45, 2.75) is 6.10 Å². The first kappa shape index (κ1) is 9.23. The molecule has 1 N–H and O–H groups in total. The molecule has 1 nitrogen and oxygen atoms in total. The minimum absolute atomic E-state index is 0.400. The summed E-state index contributed by atoms with van der Waals surface area (Å²) in [5.41, 5.74) is 0.935. The van der Waals surface area contributed by atoms with E-state index >= 15 is 0 Å². The Kier molecular flexibility index (Phi) is 3.55. The molecule has 3 heteroatoms. The molecular formula is C8H8Br2O. The largest absolute Gasteiger partial charge is 0.388 e. The lowest BCUT2D eigenvalue weighted by atomic mass is 10.1. The van der Waals surface area contributed by atoms with Crippen LogP contribution >= 0.6 is 31.9 Å². The van der Waals surface area contributed by atoms with Crippen molar-refractivity contribution in [2.75, 3.05) is 5.33 Å². The summed E-state index contributed by atoms with van der Waals surface area (Å²) in [7, 11) is 0. The lowest BCUT2D eigenvalue weighted by Crippen LogP contribution is -1.96. The van der Waals surface area contributed by atoms with Crippen LogP contribution < -0.4 is 0 Å². The third kappa shape index (κ3) is 2.58. The molecule has 1 rings (SSSR count). The van der Waals surface area contributed by atoms with Crippen molar-refractivity contribution >= 4 is 31.9 Å². The van der Waals surface area contributed by atoms with E-state index in [-0.39, 0.29) is 0 Å². The molecule has 0 aliphatic heterocycles. The van der Waals surface area contributed by atoms with Gasteiger partial charge < -0.3 is 5.11 Å². The third-order valence-corrected chi connectivity index (χ3v) is 2.54. The highest BCUT2D eigenvalue weighted by atomic mass is 79.9. The van der Waals surface area contributed by atoms with Crippen LogP contribution in [0.4, 0.5) is 0 Å². The van der Waals surface area contributed by atoms with Crippen LogP contribution in [0.5, 0.6) is 0 Å². The van der Waals surface area contributed by atoms with Gasteiger partial charge in [-0.2, -0.15) is 0 Å². The summed E-state index contributed by atoms with van der Waals surface area (Å²) in [5, 5.41) is 9.94. The quantitative estimate of drug-likeness (QED) is 0.826. The van der Waals surface area contributed by atoms with E-state index in [1.807, 2.05) is 24.3 Å². The zero-order valence-electron chi connectivity index (χ0n) is 5.80. The van der Waals surface area contributed by atoms with E-state index < -0.39 is 6.10 Å². The summed E-state index contributed by atoms with van der Waals surface area (Å²) in [4.78, 5) is 0. The minimum Gasteiger partial charge on any atom is -0.388 e. The molecule has 0 heterocycles. The van der Waals surface area contributed by atoms with Gasteiger partial charge >= 0.3 is 0 Å². The summed E-state index contributed by atoms with van der Waals surface area (Å²) in [6.07, 6.45) is -0.400. The zero-order chi connectivity index (χ0) is 8.27. The fourth-order valence-corrected chi connectivity index (χ4v) is 1.41. The predicted molar refractivity (Wildman–Crippen MR) is 52.9 cm³/mol. The van der Waals surface area contributed by atoms with Crippen molar-refractivity contribution in [3.8, 4) is 0 Å². The van der Waals surface area contributed by atoms with Gasteiger partial charge in [-0.1, -0.05) is 44.0 Å². The van der Waals surface area contributed by atoms with Gasteiger partial charge in [-0.25, -0.2) is 0 Å². The Hall–Kier alpha value is 0.140. The highest BCUT2D eigenvalue weighted by Gasteiger charge is 2.03. The Bertz CT molecular complexity index is 220. The molecule has 0 spiro atoms. The summed E-state index contributed by atoms with van der Waals surface area (Å²) < 4.78 is 1.03. The van der Waals surface area contributed by atoms with Gasteiger partial charge in [-0.05, 0) is 17.7 Å². The first-order chi connectivity index (χ1) is 5.24. The number of hydrogen-bond acceptors (Lipinski definition) is 1. The maximum Gasteiger partial charge on any atom is 0.0886 e. The molecule has 1 atom stereocenters. The standard InChI is InChI=1S/C8H8Br2O/c9-5-8(11)6-1-3-7(10)4-2-6/h1-4,8,11H,5H2. The Labute approximate surface area is 82.7 Å². The number of benzene rings is 1. The molecule has 1 unspecified atom stereocenters. The second-order valence-corrected chi connectivity index (χ2v) is 3.78. The van der Waals surface area contributed by atoms with Crippen molar-refractivity contribution < 1.29 is 5.11 Å². The molecule has 60 valence electrons. The highest BCUT2D eigenvalue weighted by molar-refractivity contribution is 9.10. The minimum atomic E-state index is -0.400. The predicted octanol–water partition coefficient (Wildman–Crippen LogP) is 2.88. The van der Waals surface area contributed by atoms with Crippen LogP contribution in [0.1, 0.15) is 11.7 Å². The second kappa shape index (κ2) is 4.24. The van der Waals surface area contributed by atoms with E-state index in [0.717, 1.165) is 10.0 Å². The fourth-order valence-electron chi connectivity index (χ4n) is 0.774. The van der Waals surface area contributed by atoms with Gasteiger partial charge in [0.25, 0.3) is 0 Å². The van der Waals surface area contributed by atoms with Gasteiger partial charge in [0, 0.05) is 9.80 Å². The molecule has 0 aliphatic rings. The second-order valence-electron chi connectivity index (χ2n) is 2.22. The number of halogens is 2. The van der Waals surface area contributed by atoms with Gasteiger partial charge in [-0.3, -0.25) is 0 Å². The first-order valence-corrected chi connectivity index (χ1v) is 5.15. The number of aliphatic hydroxyl groups excluding tert-OH is 1. The molecule has 0 bridgehead atoms. The molecule has 0 radical (unpaired) electrons. The van der Waals surface area contributed by atoms with Gasteiger partial charge in [0.05, 0.1) is 6.10 Å². The molecular weight excluding hydrogens is 272 g/mol. The molecule has 0 fully saturated rings. The number of hydrogen-bond donors (Lipinski definition) is 1. The van der Waals surface area contributed by atoms with Crippen LogP contribution in [-0.2, 0) is 0 Å². The molecule has 11 heavy (non-hydrogen) atoms. The van der Waals surface area contributed by atoms with Gasteiger partial charge in [0.1, 0.15) is 0 Å². The van der Waals surface area contributed by atoms with Crippen molar-refractivity contribution in [3.05, 3.63) is 34.3 Å². The average Bonchev–Trinajstić information content (AvgIpc) is 2.05. The molecule has 1 aromatic carbocycles. The van der Waals surface area contributed by atoms with Crippen molar-refractivity contribution in [1.82, 2.24) is 0 Å². The van der Waals surface area contributed by atoms with Gasteiger partial charge in [0.2, 0.25) is 0 Å². The lowest BCUT2D eigenvalue weighted by Gasteiger charge is -2.05. The van der Waals surface area contributed by atoms with E-state index in [1.54, 1.807) is 0 Å². The third-order valence-electron chi connectivity index (χ3n) is 1.40. The summed E-state index contributed by atoms with van der Waals surface area (Å²) in [6.45, 7) is 0. The van der Waals surface area contributed by atoms with Crippen LogP contribution in [0.15, 0.2) is 28.7 Å². The molecule has 0 aromatic heterocycles. The van der Waals surface area contributed by atoms with Crippen LogP contribution in [0, 0.1) is 0 Å². The zero-order valence-corrected chi connectivity index (χ0v) is 8.97. The summed E-state index contributed by atoms with van der Waals surface area (Å²) in [6, 6.07) is 7.63. The number of alkyl halides is 1. The topological polar surface area (TPSA) is 20.2 Å². The molecule has 1 aromatic rings. The summed E-state index contributed by atoms with van der Waals surface area (Å²) >= 11 is 6.53.